The second kappa shape index (κ2) is 7.80. The minimum atomic E-state index is 0.692. The van der Waals surface area contributed by atoms with Crippen molar-refractivity contribution in [2.75, 3.05) is 17.7 Å². The van der Waals surface area contributed by atoms with Gasteiger partial charge in [-0.05, 0) is 42.5 Å². The molecule has 0 aliphatic carbocycles. The monoisotopic (exact) mass is 368 g/mol. The fourth-order valence-corrected chi connectivity index (χ4v) is 3.13. The topological polar surface area (TPSA) is 64.3 Å². The summed E-state index contributed by atoms with van der Waals surface area (Å²) in [5.74, 6) is 1.51. The fourth-order valence-electron chi connectivity index (χ4n) is 3.13. The summed E-state index contributed by atoms with van der Waals surface area (Å²) < 4.78 is 5.49. The van der Waals surface area contributed by atoms with Crippen molar-refractivity contribution in [3.05, 3.63) is 91.3 Å². The molecule has 0 unspecified atom stereocenters. The summed E-state index contributed by atoms with van der Waals surface area (Å²) in [7, 11) is 1.66. The first-order valence-corrected chi connectivity index (χ1v) is 8.92. The maximum absolute atomic E-state index is 6.04. The van der Waals surface area contributed by atoms with E-state index in [0.29, 0.717) is 5.69 Å². The minimum absolute atomic E-state index is 0.692. The minimum Gasteiger partial charge on any atom is -0.496 e. The molecule has 0 atom stereocenters. The number of rotatable bonds is 5. The number of anilines is 4. The SMILES string of the molecule is COc1ccccc1-c1cc(N(c2ccccc2)c2cccc(N)c2)ncn1. The van der Waals surface area contributed by atoms with E-state index >= 15 is 0 Å². The first-order chi connectivity index (χ1) is 13.8. The lowest BCUT2D eigenvalue weighted by molar-refractivity contribution is 0.416. The van der Waals surface area contributed by atoms with Crippen LogP contribution in [0.3, 0.4) is 0 Å². The van der Waals surface area contributed by atoms with Gasteiger partial charge >= 0.3 is 0 Å². The van der Waals surface area contributed by atoms with E-state index in [1.54, 1.807) is 13.4 Å². The molecule has 0 saturated carbocycles. The summed E-state index contributed by atoms with van der Waals surface area (Å²) in [4.78, 5) is 11.1. The number of nitrogens with two attached hydrogens (primary N) is 1. The van der Waals surface area contributed by atoms with Gasteiger partial charge in [-0.25, -0.2) is 9.97 Å². The molecule has 2 N–H and O–H groups in total. The smallest absolute Gasteiger partial charge is 0.141 e. The van der Waals surface area contributed by atoms with E-state index in [1.165, 1.54) is 0 Å². The van der Waals surface area contributed by atoms with Crippen LogP contribution in [0, 0.1) is 0 Å². The van der Waals surface area contributed by atoms with Crippen LogP contribution in [0.2, 0.25) is 0 Å². The molecule has 28 heavy (non-hydrogen) atoms. The number of hydrogen-bond donors (Lipinski definition) is 1. The number of para-hydroxylation sites is 2. The normalized spacial score (nSPS) is 10.5. The number of nitrogens with zero attached hydrogens (tertiary/aromatic N) is 3. The molecule has 138 valence electrons. The summed E-state index contributed by atoms with van der Waals surface area (Å²) in [5.41, 5.74) is 10.3. The molecule has 4 rings (SSSR count). The zero-order valence-electron chi connectivity index (χ0n) is 15.5. The maximum Gasteiger partial charge on any atom is 0.141 e. The Balaban J connectivity index is 1.86. The average Bonchev–Trinajstić information content (AvgIpc) is 2.75. The second-order valence-electron chi connectivity index (χ2n) is 6.23. The quantitative estimate of drug-likeness (QED) is 0.490. The van der Waals surface area contributed by atoms with Gasteiger partial charge in [0.25, 0.3) is 0 Å². The van der Waals surface area contributed by atoms with Crippen LogP contribution in [-0.2, 0) is 0 Å². The van der Waals surface area contributed by atoms with Crippen molar-refractivity contribution in [1.29, 1.82) is 0 Å². The van der Waals surface area contributed by atoms with Crippen molar-refractivity contribution in [2.45, 2.75) is 0 Å². The van der Waals surface area contributed by atoms with Crippen LogP contribution in [-0.4, -0.2) is 17.1 Å². The fraction of sp³-hybridized carbons (Fsp3) is 0.0435. The van der Waals surface area contributed by atoms with Gasteiger partial charge in [0.05, 0.1) is 12.8 Å². The van der Waals surface area contributed by atoms with Crippen molar-refractivity contribution in [2.24, 2.45) is 0 Å². The van der Waals surface area contributed by atoms with Crippen molar-refractivity contribution in [3.8, 4) is 17.0 Å². The average molecular weight is 368 g/mol. The predicted octanol–water partition coefficient (Wildman–Crippen LogP) is 5.20. The van der Waals surface area contributed by atoms with Gasteiger partial charge in [-0.3, -0.25) is 4.90 Å². The summed E-state index contributed by atoms with van der Waals surface area (Å²) >= 11 is 0. The van der Waals surface area contributed by atoms with E-state index in [2.05, 4.69) is 14.9 Å². The van der Waals surface area contributed by atoms with Gasteiger partial charge in [0.2, 0.25) is 0 Å². The van der Waals surface area contributed by atoms with Crippen LogP contribution in [0.1, 0.15) is 0 Å². The standard InChI is InChI=1S/C23H20N4O/c1-28-22-13-6-5-12-20(22)21-15-23(26-16-25-21)27(18-9-3-2-4-10-18)19-11-7-8-17(24)14-19/h2-16H,24H2,1H3. The molecule has 4 aromatic rings. The summed E-state index contributed by atoms with van der Waals surface area (Å²) in [6, 6.07) is 27.6. The van der Waals surface area contributed by atoms with E-state index in [-0.39, 0.29) is 0 Å². The third-order valence-corrected chi connectivity index (χ3v) is 4.41. The lowest BCUT2D eigenvalue weighted by Gasteiger charge is -2.24. The molecule has 0 fully saturated rings. The van der Waals surface area contributed by atoms with Gasteiger partial charge in [0, 0.05) is 28.7 Å². The number of hydrogen-bond acceptors (Lipinski definition) is 5. The van der Waals surface area contributed by atoms with Crippen LogP contribution in [0.4, 0.5) is 22.9 Å². The largest absolute Gasteiger partial charge is 0.496 e. The number of benzene rings is 3. The number of ether oxygens (including phenoxy) is 1. The third-order valence-electron chi connectivity index (χ3n) is 4.41. The Kier molecular flexibility index (Phi) is 4.89. The molecular weight excluding hydrogens is 348 g/mol. The highest BCUT2D eigenvalue weighted by Crippen LogP contribution is 2.36. The third kappa shape index (κ3) is 3.50. The highest BCUT2D eigenvalue weighted by Gasteiger charge is 2.16. The van der Waals surface area contributed by atoms with Crippen molar-refractivity contribution in [1.82, 2.24) is 9.97 Å². The zero-order valence-corrected chi connectivity index (χ0v) is 15.5. The van der Waals surface area contributed by atoms with Crippen LogP contribution in [0.5, 0.6) is 5.75 Å². The van der Waals surface area contributed by atoms with Gasteiger partial charge in [-0.1, -0.05) is 36.4 Å². The zero-order chi connectivity index (χ0) is 19.3. The van der Waals surface area contributed by atoms with E-state index < -0.39 is 0 Å². The molecule has 0 aliphatic rings. The molecule has 0 spiro atoms. The van der Waals surface area contributed by atoms with E-state index in [0.717, 1.165) is 34.2 Å². The molecule has 3 aromatic carbocycles. The molecule has 5 nitrogen and oxygen atoms in total. The maximum atomic E-state index is 6.04. The van der Waals surface area contributed by atoms with Gasteiger partial charge in [0.1, 0.15) is 17.9 Å². The van der Waals surface area contributed by atoms with Gasteiger partial charge in [-0.2, -0.15) is 0 Å². The van der Waals surface area contributed by atoms with E-state index in [1.807, 2.05) is 84.9 Å². The molecule has 5 heteroatoms. The number of nitrogen functional groups attached to an aromatic ring is 1. The first-order valence-electron chi connectivity index (χ1n) is 8.92. The Hall–Kier alpha value is -3.86. The van der Waals surface area contributed by atoms with Crippen LogP contribution < -0.4 is 15.4 Å². The summed E-state index contributed by atoms with van der Waals surface area (Å²) in [6.45, 7) is 0. The molecular formula is C23H20N4O. The molecule has 1 heterocycles. The Morgan fingerprint density at radius 3 is 2.32 bits per heavy atom. The predicted molar refractivity (Wildman–Crippen MR) is 113 cm³/mol. The molecule has 1 aromatic heterocycles. The molecule has 0 bridgehead atoms. The Morgan fingerprint density at radius 2 is 1.54 bits per heavy atom. The lowest BCUT2D eigenvalue weighted by atomic mass is 10.1. The Morgan fingerprint density at radius 1 is 0.786 bits per heavy atom. The molecule has 0 saturated heterocycles. The number of aromatic nitrogens is 2. The highest BCUT2D eigenvalue weighted by atomic mass is 16.5. The summed E-state index contributed by atoms with van der Waals surface area (Å²) in [5, 5.41) is 0. The van der Waals surface area contributed by atoms with Crippen LogP contribution in [0.15, 0.2) is 91.3 Å². The Bertz CT molecular complexity index is 1080. The highest BCUT2D eigenvalue weighted by molar-refractivity contribution is 5.78. The van der Waals surface area contributed by atoms with Crippen LogP contribution in [0.25, 0.3) is 11.3 Å². The molecule has 0 radical (unpaired) electrons. The molecule has 0 amide bonds. The van der Waals surface area contributed by atoms with E-state index in [9.17, 15) is 0 Å². The second-order valence-corrected chi connectivity index (χ2v) is 6.23. The van der Waals surface area contributed by atoms with Crippen LogP contribution >= 0.6 is 0 Å². The van der Waals surface area contributed by atoms with Gasteiger partial charge < -0.3 is 10.5 Å². The summed E-state index contributed by atoms with van der Waals surface area (Å²) in [6.07, 6.45) is 1.57. The van der Waals surface area contributed by atoms with Gasteiger partial charge in [-0.15, -0.1) is 0 Å². The van der Waals surface area contributed by atoms with Crippen molar-refractivity contribution in [3.63, 3.8) is 0 Å². The first kappa shape index (κ1) is 17.5. The number of methoxy groups -OCH3 is 1. The van der Waals surface area contributed by atoms with Crippen molar-refractivity contribution < 1.29 is 4.74 Å². The van der Waals surface area contributed by atoms with Crippen molar-refractivity contribution >= 4 is 22.9 Å². The lowest BCUT2D eigenvalue weighted by Crippen LogP contribution is -2.12. The molecule has 0 aliphatic heterocycles. The van der Waals surface area contributed by atoms with Gasteiger partial charge in [0.15, 0.2) is 0 Å². The van der Waals surface area contributed by atoms with E-state index in [4.69, 9.17) is 10.5 Å². The Labute approximate surface area is 164 Å².